The lowest BCUT2D eigenvalue weighted by Crippen LogP contribution is -2.29. The summed E-state index contributed by atoms with van der Waals surface area (Å²) in [5, 5.41) is 4.72. The summed E-state index contributed by atoms with van der Waals surface area (Å²) < 4.78 is 13.2. The molecule has 8 heteroatoms. The minimum absolute atomic E-state index is 0.0569. The number of halogens is 1. The van der Waals surface area contributed by atoms with Crippen LogP contribution in [0.2, 0.25) is 5.02 Å². The molecule has 5 rings (SSSR count). The predicted octanol–water partition coefficient (Wildman–Crippen LogP) is 6.24. The zero-order chi connectivity index (χ0) is 24.2. The number of nitrogens with zero attached hydrogens (tertiary/aromatic N) is 3. The van der Waals surface area contributed by atoms with E-state index in [9.17, 15) is 0 Å². The van der Waals surface area contributed by atoms with Crippen molar-refractivity contribution in [3.8, 4) is 5.75 Å². The van der Waals surface area contributed by atoms with Crippen LogP contribution < -0.4 is 15.0 Å². The van der Waals surface area contributed by atoms with Gasteiger partial charge < -0.3 is 24.3 Å². The maximum absolute atomic E-state index is 6.61. The van der Waals surface area contributed by atoms with E-state index in [1.165, 1.54) is 37.7 Å². The zero-order valence-electron chi connectivity index (χ0n) is 19.9. The summed E-state index contributed by atoms with van der Waals surface area (Å²) in [6.07, 6.45) is 12.8. The molecule has 1 aliphatic heterocycles. The van der Waals surface area contributed by atoms with Gasteiger partial charge in [0.2, 0.25) is 0 Å². The lowest BCUT2D eigenvalue weighted by Gasteiger charge is -2.28. The molecule has 3 aromatic rings. The number of hydrogen-bond acceptors (Lipinski definition) is 4. The molecule has 0 amide bonds. The van der Waals surface area contributed by atoms with E-state index in [4.69, 9.17) is 33.3 Å². The summed E-state index contributed by atoms with van der Waals surface area (Å²) in [4.78, 5) is 6.81. The van der Waals surface area contributed by atoms with Crippen LogP contribution in [-0.2, 0) is 4.74 Å². The molecule has 1 saturated heterocycles. The van der Waals surface area contributed by atoms with E-state index in [0.29, 0.717) is 35.1 Å². The number of benzene rings is 1. The van der Waals surface area contributed by atoms with Crippen molar-refractivity contribution in [1.29, 1.82) is 0 Å². The van der Waals surface area contributed by atoms with E-state index < -0.39 is 0 Å². The van der Waals surface area contributed by atoms with Crippen LogP contribution in [-0.4, -0.2) is 35.0 Å². The Bertz CT molecular complexity index is 1150. The molecular formula is C27H31ClN4O2S. The maximum atomic E-state index is 6.61. The van der Waals surface area contributed by atoms with Crippen molar-refractivity contribution in [3.05, 3.63) is 77.3 Å². The smallest absolute Gasteiger partial charge is 0.174 e. The van der Waals surface area contributed by atoms with Crippen molar-refractivity contribution in [1.82, 2.24) is 14.9 Å². The molecule has 0 bridgehead atoms. The van der Waals surface area contributed by atoms with Crippen LogP contribution in [0.25, 0.3) is 0 Å². The second-order valence-corrected chi connectivity index (χ2v) is 9.93. The molecule has 3 heterocycles. The number of pyridine rings is 1. The fourth-order valence-electron chi connectivity index (χ4n) is 5.18. The van der Waals surface area contributed by atoms with E-state index in [1.54, 1.807) is 7.11 Å². The lowest BCUT2D eigenvalue weighted by atomic mass is 9.95. The van der Waals surface area contributed by atoms with Crippen LogP contribution in [0.1, 0.15) is 61.5 Å². The zero-order valence-corrected chi connectivity index (χ0v) is 21.5. The average Bonchev–Trinajstić information content (AvgIpc) is 3.51. The molecule has 1 saturated carbocycles. The van der Waals surface area contributed by atoms with Crippen LogP contribution in [0.3, 0.4) is 0 Å². The van der Waals surface area contributed by atoms with Crippen LogP contribution in [0.15, 0.2) is 61.1 Å². The first kappa shape index (κ1) is 24.1. The van der Waals surface area contributed by atoms with Crippen molar-refractivity contribution < 1.29 is 9.47 Å². The number of anilines is 1. The molecule has 0 radical (unpaired) electrons. The monoisotopic (exact) mass is 510 g/mol. The van der Waals surface area contributed by atoms with Gasteiger partial charge in [-0.25, -0.2) is 0 Å². The lowest BCUT2D eigenvalue weighted by molar-refractivity contribution is 0.146. The van der Waals surface area contributed by atoms with Gasteiger partial charge in [0.05, 0.1) is 29.4 Å². The number of nitrogens with one attached hydrogen (secondary N) is 1. The van der Waals surface area contributed by atoms with Gasteiger partial charge >= 0.3 is 0 Å². The normalized spacial score (nSPS) is 20.7. The SMILES string of the molecule is COCCOc1ccc(N2C(=S)NC(c3ccccn3)C2c2ccn(C3CCCCC3)c2)cc1Cl. The molecule has 35 heavy (non-hydrogen) atoms. The first-order valence-electron chi connectivity index (χ1n) is 12.2. The largest absolute Gasteiger partial charge is 0.490 e. The molecule has 6 nitrogen and oxygen atoms in total. The molecule has 2 fully saturated rings. The van der Waals surface area contributed by atoms with Crippen molar-refractivity contribution in [2.24, 2.45) is 0 Å². The van der Waals surface area contributed by atoms with Gasteiger partial charge in [-0.2, -0.15) is 0 Å². The molecule has 184 valence electrons. The summed E-state index contributed by atoms with van der Waals surface area (Å²) >= 11 is 12.5. The third-order valence-corrected chi connectivity index (χ3v) is 7.52. The van der Waals surface area contributed by atoms with Gasteiger partial charge in [-0.15, -0.1) is 0 Å². The molecule has 1 aliphatic carbocycles. The third kappa shape index (κ3) is 5.17. The Hall–Kier alpha value is -2.61. The van der Waals surface area contributed by atoms with Crippen molar-refractivity contribution in [2.75, 3.05) is 25.2 Å². The summed E-state index contributed by atoms with van der Waals surface area (Å²) in [5.41, 5.74) is 3.08. The average molecular weight is 511 g/mol. The number of methoxy groups -OCH3 is 1. The Morgan fingerprint density at radius 1 is 1.11 bits per heavy atom. The number of rotatable bonds is 8. The Labute approximate surface area is 217 Å². The Kier molecular flexibility index (Phi) is 7.56. The van der Waals surface area contributed by atoms with Gasteiger partial charge in [0.1, 0.15) is 12.4 Å². The van der Waals surface area contributed by atoms with E-state index in [-0.39, 0.29) is 12.1 Å². The summed E-state index contributed by atoms with van der Waals surface area (Å²) in [5.74, 6) is 0.631. The van der Waals surface area contributed by atoms with Gasteiger partial charge in [0, 0.05) is 37.4 Å². The van der Waals surface area contributed by atoms with Crippen LogP contribution in [0, 0.1) is 0 Å². The molecule has 2 aromatic heterocycles. The number of ether oxygens (including phenoxy) is 2. The number of hydrogen-bond donors (Lipinski definition) is 1. The topological polar surface area (TPSA) is 51.6 Å². The molecule has 2 unspecified atom stereocenters. The molecule has 1 aromatic carbocycles. The Morgan fingerprint density at radius 3 is 2.71 bits per heavy atom. The van der Waals surface area contributed by atoms with Crippen LogP contribution >= 0.6 is 23.8 Å². The molecule has 0 spiro atoms. The Balaban J connectivity index is 1.49. The number of thiocarbonyl (C=S) groups is 1. The fraction of sp³-hybridized carbons (Fsp3) is 0.407. The molecular weight excluding hydrogens is 480 g/mol. The van der Waals surface area contributed by atoms with E-state index in [0.717, 1.165) is 11.4 Å². The van der Waals surface area contributed by atoms with Gasteiger partial charge in [0.25, 0.3) is 0 Å². The van der Waals surface area contributed by atoms with E-state index >= 15 is 0 Å². The van der Waals surface area contributed by atoms with E-state index in [2.05, 4.69) is 44.3 Å². The summed E-state index contributed by atoms with van der Waals surface area (Å²) in [7, 11) is 1.65. The number of aromatic nitrogens is 2. The highest BCUT2D eigenvalue weighted by molar-refractivity contribution is 7.80. The molecule has 2 atom stereocenters. The minimum Gasteiger partial charge on any atom is -0.490 e. The van der Waals surface area contributed by atoms with E-state index in [1.807, 2.05) is 36.5 Å². The first-order valence-corrected chi connectivity index (χ1v) is 13.0. The minimum atomic E-state index is -0.0812. The molecule has 1 N–H and O–H groups in total. The van der Waals surface area contributed by atoms with Gasteiger partial charge in [-0.1, -0.05) is 36.9 Å². The standard InChI is InChI=1S/C27H31ClN4O2S/c1-33-15-16-34-24-11-10-21(17-22(24)28)32-26(25(30-27(32)35)23-9-5-6-13-29-23)19-12-14-31(18-19)20-7-3-2-4-8-20/h5-6,9-14,17-18,20,25-26H,2-4,7-8,15-16H2,1H3,(H,30,35). The van der Waals surface area contributed by atoms with Gasteiger partial charge in [-0.3, -0.25) is 4.98 Å². The first-order chi connectivity index (χ1) is 17.2. The van der Waals surface area contributed by atoms with Crippen LogP contribution in [0.5, 0.6) is 5.75 Å². The molecule has 2 aliphatic rings. The predicted molar refractivity (Wildman–Crippen MR) is 143 cm³/mol. The van der Waals surface area contributed by atoms with Crippen molar-refractivity contribution >= 4 is 34.6 Å². The maximum Gasteiger partial charge on any atom is 0.174 e. The van der Waals surface area contributed by atoms with Crippen LogP contribution in [0.4, 0.5) is 5.69 Å². The summed E-state index contributed by atoms with van der Waals surface area (Å²) in [6.45, 7) is 0.947. The second-order valence-electron chi connectivity index (χ2n) is 9.14. The highest BCUT2D eigenvalue weighted by atomic mass is 35.5. The third-order valence-electron chi connectivity index (χ3n) is 6.91. The fourth-order valence-corrected chi connectivity index (χ4v) is 5.75. The Morgan fingerprint density at radius 2 is 1.97 bits per heavy atom. The highest BCUT2D eigenvalue weighted by Gasteiger charge is 2.41. The van der Waals surface area contributed by atoms with Crippen molar-refractivity contribution in [2.45, 2.75) is 50.2 Å². The van der Waals surface area contributed by atoms with Crippen molar-refractivity contribution in [3.63, 3.8) is 0 Å². The van der Waals surface area contributed by atoms with Gasteiger partial charge in [0.15, 0.2) is 5.11 Å². The quantitative estimate of drug-likeness (QED) is 0.286. The second kappa shape index (κ2) is 11.0. The summed E-state index contributed by atoms with van der Waals surface area (Å²) in [6, 6.07) is 14.5. The van der Waals surface area contributed by atoms with Gasteiger partial charge in [-0.05, 0) is 67.0 Å². The highest BCUT2D eigenvalue weighted by Crippen LogP contribution is 2.43.